The summed E-state index contributed by atoms with van der Waals surface area (Å²) in [6.45, 7) is 2.83. The molecule has 0 bridgehead atoms. The molecule has 0 aromatic heterocycles. The third-order valence-corrected chi connectivity index (χ3v) is 4.50. The van der Waals surface area contributed by atoms with E-state index in [4.69, 9.17) is 0 Å². The molecule has 1 atom stereocenters. The van der Waals surface area contributed by atoms with Crippen LogP contribution in [-0.4, -0.2) is 11.5 Å². The quantitative estimate of drug-likeness (QED) is 0.456. The summed E-state index contributed by atoms with van der Waals surface area (Å²) in [6, 6.07) is 27.3. The van der Waals surface area contributed by atoms with Gasteiger partial charge in [-0.3, -0.25) is 10.1 Å². The predicted octanol–water partition coefficient (Wildman–Crippen LogP) is 5.38. The van der Waals surface area contributed by atoms with Gasteiger partial charge in [0.15, 0.2) is 0 Å². The predicted molar refractivity (Wildman–Crippen MR) is 109 cm³/mol. The van der Waals surface area contributed by atoms with Gasteiger partial charge in [-0.1, -0.05) is 66.7 Å². The highest BCUT2D eigenvalue weighted by Crippen LogP contribution is 2.25. The van der Waals surface area contributed by atoms with E-state index >= 15 is 0 Å². The molecule has 4 nitrogen and oxygen atoms in total. The minimum absolute atomic E-state index is 0.0991. The van der Waals surface area contributed by atoms with Crippen LogP contribution in [0.15, 0.2) is 91.0 Å². The first-order valence-corrected chi connectivity index (χ1v) is 8.94. The summed E-state index contributed by atoms with van der Waals surface area (Å²) in [4.78, 5) is 10.5. The molecule has 3 aromatic rings. The SMILES string of the molecule is C[C@@H](NCC=C(c1ccccc1)c1ccc([N+](=O)[O-])cc1)c1ccccc1. The molecule has 0 saturated carbocycles. The zero-order valence-corrected chi connectivity index (χ0v) is 15.2. The van der Waals surface area contributed by atoms with Gasteiger partial charge < -0.3 is 5.32 Å². The normalized spacial score (nSPS) is 12.6. The monoisotopic (exact) mass is 358 g/mol. The van der Waals surface area contributed by atoms with Crippen molar-refractivity contribution < 1.29 is 4.92 Å². The molecule has 1 N–H and O–H groups in total. The second-order valence-electron chi connectivity index (χ2n) is 6.33. The largest absolute Gasteiger partial charge is 0.307 e. The lowest BCUT2D eigenvalue weighted by molar-refractivity contribution is -0.384. The number of nitro groups is 1. The molecule has 0 amide bonds. The van der Waals surface area contributed by atoms with Crippen LogP contribution in [0.2, 0.25) is 0 Å². The molecule has 0 aliphatic heterocycles. The fourth-order valence-electron chi connectivity index (χ4n) is 2.98. The molecular weight excluding hydrogens is 336 g/mol. The molecule has 0 heterocycles. The van der Waals surface area contributed by atoms with Crippen molar-refractivity contribution in [2.45, 2.75) is 13.0 Å². The van der Waals surface area contributed by atoms with E-state index in [-0.39, 0.29) is 16.7 Å². The van der Waals surface area contributed by atoms with E-state index in [1.54, 1.807) is 24.3 Å². The van der Waals surface area contributed by atoms with Gasteiger partial charge >= 0.3 is 0 Å². The summed E-state index contributed by atoms with van der Waals surface area (Å²) in [7, 11) is 0. The summed E-state index contributed by atoms with van der Waals surface area (Å²) >= 11 is 0. The topological polar surface area (TPSA) is 55.2 Å². The Hall–Kier alpha value is -3.24. The van der Waals surface area contributed by atoms with Crippen LogP contribution in [0.25, 0.3) is 5.57 Å². The average molecular weight is 358 g/mol. The third kappa shape index (κ3) is 4.90. The number of nitrogens with zero attached hydrogens (tertiary/aromatic N) is 1. The Morgan fingerprint density at radius 1 is 0.926 bits per heavy atom. The van der Waals surface area contributed by atoms with Crippen molar-refractivity contribution >= 4 is 11.3 Å². The van der Waals surface area contributed by atoms with Crippen molar-refractivity contribution in [3.05, 3.63) is 118 Å². The van der Waals surface area contributed by atoms with Crippen LogP contribution in [0, 0.1) is 10.1 Å². The van der Waals surface area contributed by atoms with Crippen LogP contribution in [-0.2, 0) is 0 Å². The van der Waals surface area contributed by atoms with Gasteiger partial charge in [0, 0.05) is 24.7 Å². The van der Waals surface area contributed by atoms with Crippen molar-refractivity contribution in [1.82, 2.24) is 5.32 Å². The van der Waals surface area contributed by atoms with Gasteiger partial charge in [0.2, 0.25) is 0 Å². The smallest absolute Gasteiger partial charge is 0.269 e. The first-order chi connectivity index (χ1) is 13.1. The maximum atomic E-state index is 10.9. The van der Waals surface area contributed by atoms with Gasteiger partial charge in [0.1, 0.15) is 0 Å². The number of rotatable bonds is 7. The zero-order valence-electron chi connectivity index (χ0n) is 15.2. The number of nitrogens with one attached hydrogen (secondary N) is 1. The van der Waals surface area contributed by atoms with Crippen molar-refractivity contribution in [2.75, 3.05) is 6.54 Å². The van der Waals surface area contributed by atoms with Crippen LogP contribution in [0.3, 0.4) is 0 Å². The summed E-state index contributed by atoms with van der Waals surface area (Å²) in [5.41, 5.74) is 4.43. The molecule has 0 aliphatic rings. The van der Waals surface area contributed by atoms with Crippen molar-refractivity contribution in [3.8, 4) is 0 Å². The molecule has 0 spiro atoms. The van der Waals surface area contributed by atoms with E-state index < -0.39 is 0 Å². The van der Waals surface area contributed by atoms with E-state index in [1.807, 2.05) is 48.5 Å². The highest BCUT2D eigenvalue weighted by atomic mass is 16.6. The molecule has 4 heteroatoms. The lowest BCUT2D eigenvalue weighted by Crippen LogP contribution is -2.18. The maximum absolute atomic E-state index is 10.9. The van der Waals surface area contributed by atoms with Gasteiger partial charge in [-0.2, -0.15) is 0 Å². The molecule has 0 saturated heterocycles. The molecule has 3 rings (SSSR count). The fourth-order valence-corrected chi connectivity index (χ4v) is 2.98. The average Bonchev–Trinajstić information content (AvgIpc) is 2.72. The van der Waals surface area contributed by atoms with Crippen molar-refractivity contribution in [3.63, 3.8) is 0 Å². The number of benzene rings is 3. The Morgan fingerprint density at radius 3 is 2.07 bits per heavy atom. The second kappa shape index (κ2) is 8.92. The molecular formula is C23H22N2O2. The summed E-state index contributed by atoms with van der Waals surface area (Å²) in [5, 5.41) is 14.4. The summed E-state index contributed by atoms with van der Waals surface area (Å²) in [5.74, 6) is 0. The number of nitro benzene ring substituents is 1. The molecule has 3 aromatic carbocycles. The number of hydrogen-bond donors (Lipinski definition) is 1. The van der Waals surface area contributed by atoms with Gasteiger partial charge in [-0.15, -0.1) is 0 Å². The van der Waals surface area contributed by atoms with Crippen molar-refractivity contribution in [1.29, 1.82) is 0 Å². The Kier molecular flexibility index (Phi) is 6.13. The Balaban J connectivity index is 1.82. The van der Waals surface area contributed by atoms with Gasteiger partial charge in [-0.05, 0) is 41.3 Å². The molecule has 0 radical (unpaired) electrons. The van der Waals surface area contributed by atoms with E-state index in [1.165, 1.54) is 5.56 Å². The van der Waals surface area contributed by atoms with Gasteiger partial charge in [-0.25, -0.2) is 0 Å². The van der Waals surface area contributed by atoms with Crippen LogP contribution in [0.1, 0.15) is 29.7 Å². The van der Waals surface area contributed by atoms with E-state index in [2.05, 4.69) is 30.4 Å². The lowest BCUT2D eigenvalue weighted by atomic mass is 9.97. The Labute approximate surface area is 159 Å². The van der Waals surface area contributed by atoms with Gasteiger partial charge in [0.25, 0.3) is 5.69 Å². The molecule has 0 aliphatic carbocycles. The first kappa shape index (κ1) is 18.5. The Morgan fingerprint density at radius 2 is 1.48 bits per heavy atom. The van der Waals surface area contributed by atoms with E-state index in [0.717, 1.165) is 16.7 Å². The number of non-ortho nitro benzene ring substituents is 1. The highest BCUT2D eigenvalue weighted by Gasteiger charge is 2.09. The Bertz CT molecular complexity index is 904. The van der Waals surface area contributed by atoms with Crippen LogP contribution in [0.5, 0.6) is 0 Å². The van der Waals surface area contributed by atoms with Crippen LogP contribution in [0.4, 0.5) is 5.69 Å². The molecule has 27 heavy (non-hydrogen) atoms. The van der Waals surface area contributed by atoms with E-state index in [0.29, 0.717) is 6.54 Å². The second-order valence-corrected chi connectivity index (χ2v) is 6.33. The van der Waals surface area contributed by atoms with Crippen LogP contribution >= 0.6 is 0 Å². The zero-order chi connectivity index (χ0) is 19.1. The summed E-state index contributed by atoms with van der Waals surface area (Å²) < 4.78 is 0. The molecule has 136 valence electrons. The lowest BCUT2D eigenvalue weighted by Gasteiger charge is -2.14. The molecule has 0 fully saturated rings. The van der Waals surface area contributed by atoms with Crippen molar-refractivity contribution in [2.24, 2.45) is 0 Å². The number of hydrogen-bond acceptors (Lipinski definition) is 3. The van der Waals surface area contributed by atoms with Gasteiger partial charge in [0.05, 0.1) is 4.92 Å². The standard InChI is InChI=1S/C23H22N2O2/c1-18(19-8-4-2-5-9-19)24-17-16-23(20-10-6-3-7-11-20)21-12-14-22(15-13-21)25(26)27/h2-16,18,24H,17H2,1H3/t18-/m1/s1. The summed E-state index contributed by atoms with van der Waals surface area (Å²) in [6.07, 6.45) is 2.13. The third-order valence-electron chi connectivity index (χ3n) is 4.50. The highest BCUT2D eigenvalue weighted by molar-refractivity contribution is 5.80. The fraction of sp³-hybridized carbons (Fsp3) is 0.130. The van der Waals surface area contributed by atoms with Crippen LogP contribution < -0.4 is 5.32 Å². The molecule has 0 unspecified atom stereocenters. The minimum Gasteiger partial charge on any atom is -0.307 e. The maximum Gasteiger partial charge on any atom is 0.269 e. The first-order valence-electron chi connectivity index (χ1n) is 8.94. The van der Waals surface area contributed by atoms with E-state index in [9.17, 15) is 10.1 Å². The minimum atomic E-state index is -0.376.